The normalized spacial score (nSPS) is 10.5. The molecule has 0 saturated carbocycles. The van der Waals surface area contributed by atoms with E-state index in [-0.39, 0.29) is 22.1 Å². The Morgan fingerprint density at radius 3 is 2.50 bits per heavy atom. The standard InChI is InChI=1S/C15H10ClN3O5/c16-13-6-5-11(9-14(13)19(23)24)17-15(20)7-4-10-2-1-3-12(8-10)18(21)22/h1-9H,(H,17,20)/b7-4+. The van der Waals surface area contributed by atoms with Gasteiger partial charge >= 0.3 is 0 Å². The van der Waals surface area contributed by atoms with Crippen molar-refractivity contribution in [1.82, 2.24) is 0 Å². The number of amides is 1. The van der Waals surface area contributed by atoms with Crippen LogP contribution >= 0.6 is 11.6 Å². The van der Waals surface area contributed by atoms with Crippen molar-refractivity contribution in [3.8, 4) is 0 Å². The molecule has 0 bridgehead atoms. The lowest BCUT2D eigenvalue weighted by Crippen LogP contribution is -2.08. The van der Waals surface area contributed by atoms with Gasteiger partial charge in [0.2, 0.25) is 5.91 Å². The van der Waals surface area contributed by atoms with Gasteiger partial charge in [0.05, 0.1) is 9.85 Å². The molecule has 0 aliphatic heterocycles. The Hall–Kier alpha value is -3.26. The molecule has 2 rings (SSSR count). The lowest BCUT2D eigenvalue weighted by molar-refractivity contribution is -0.385. The summed E-state index contributed by atoms with van der Waals surface area (Å²) in [6.07, 6.45) is 2.56. The highest BCUT2D eigenvalue weighted by atomic mass is 35.5. The van der Waals surface area contributed by atoms with Crippen LogP contribution in [-0.2, 0) is 4.79 Å². The van der Waals surface area contributed by atoms with Crippen molar-refractivity contribution in [2.45, 2.75) is 0 Å². The lowest BCUT2D eigenvalue weighted by Gasteiger charge is -2.03. The van der Waals surface area contributed by atoms with E-state index < -0.39 is 15.8 Å². The maximum atomic E-state index is 11.8. The molecule has 2 aromatic rings. The third kappa shape index (κ3) is 4.37. The molecule has 8 nitrogen and oxygen atoms in total. The van der Waals surface area contributed by atoms with Crippen molar-refractivity contribution in [1.29, 1.82) is 0 Å². The van der Waals surface area contributed by atoms with E-state index in [1.54, 1.807) is 6.07 Å². The van der Waals surface area contributed by atoms with Crippen molar-refractivity contribution >= 4 is 40.6 Å². The van der Waals surface area contributed by atoms with E-state index in [2.05, 4.69) is 5.32 Å². The number of halogens is 1. The number of carbonyl (C=O) groups excluding carboxylic acids is 1. The molecule has 0 fully saturated rings. The number of nitrogens with one attached hydrogen (secondary N) is 1. The number of benzene rings is 2. The quantitative estimate of drug-likeness (QED) is 0.501. The van der Waals surface area contributed by atoms with Gasteiger partial charge in [-0.2, -0.15) is 0 Å². The predicted octanol–water partition coefficient (Wildman–Crippen LogP) is 3.81. The van der Waals surface area contributed by atoms with Crippen LogP contribution in [0.15, 0.2) is 48.5 Å². The van der Waals surface area contributed by atoms with Crippen LogP contribution < -0.4 is 5.32 Å². The van der Waals surface area contributed by atoms with E-state index >= 15 is 0 Å². The maximum absolute atomic E-state index is 11.8. The fourth-order valence-electron chi connectivity index (χ4n) is 1.83. The van der Waals surface area contributed by atoms with Crippen LogP contribution in [0, 0.1) is 20.2 Å². The number of anilines is 1. The van der Waals surface area contributed by atoms with Gasteiger partial charge in [-0.3, -0.25) is 25.0 Å². The molecular formula is C15H10ClN3O5. The van der Waals surface area contributed by atoms with Gasteiger partial charge in [-0.1, -0.05) is 23.7 Å². The molecule has 0 aromatic heterocycles. The second-order valence-electron chi connectivity index (χ2n) is 4.60. The highest BCUT2D eigenvalue weighted by molar-refractivity contribution is 6.32. The minimum Gasteiger partial charge on any atom is -0.322 e. The molecule has 122 valence electrons. The molecule has 1 amide bonds. The Morgan fingerprint density at radius 1 is 1.08 bits per heavy atom. The summed E-state index contributed by atoms with van der Waals surface area (Å²) in [6.45, 7) is 0. The summed E-state index contributed by atoms with van der Waals surface area (Å²) in [6, 6.07) is 9.62. The second kappa shape index (κ2) is 7.34. The molecule has 24 heavy (non-hydrogen) atoms. The predicted molar refractivity (Wildman–Crippen MR) is 88.9 cm³/mol. The monoisotopic (exact) mass is 347 g/mol. The van der Waals surface area contributed by atoms with Crippen LogP contribution in [0.5, 0.6) is 0 Å². The smallest absolute Gasteiger partial charge is 0.289 e. The number of nitro groups is 2. The molecule has 1 N–H and O–H groups in total. The summed E-state index contributed by atoms with van der Waals surface area (Å²) in [7, 11) is 0. The minimum atomic E-state index is -0.656. The zero-order chi connectivity index (χ0) is 17.7. The molecule has 0 heterocycles. The van der Waals surface area contributed by atoms with Crippen molar-refractivity contribution in [3.63, 3.8) is 0 Å². The first-order valence-electron chi connectivity index (χ1n) is 6.54. The molecule has 0 aliphatic rings. The van der Waals surface area contributed by atoms with Crippen molar-refractivity contribution in [2.24, 2.45) is 0 Å². The zero-order valence-corrected chi connectivity index (χ0v) is 12.8. The van der Waals surface area contributed by atoms with Gasteiger partial charge in [-0.25, -0.2) is 0 Å². The summed E-state index contributed by atoms with van der Waals surface area (Å²) < 4.78 is 0. The first kappa shape index (κ1) is 17.1. The molecular weight excluding hydrogens is 338 g/mol. The average Bonchev–Trinajstić information content (AvgIpc) is 2.54. The van der Waals surface area contributed by atoms with Gasteiger partial charge in [-0.15, -0.1) is 0 Å². The average molecular weight is 348 g/mol. The fourth-order valence-corrected chi connectivity index (χ4v) is 2.01. The number of hydrogen-bond acceptors (Lipinski definition) is 5. The Bertz CT molecular complexity index is 851. The summed E-state index contributed by atoms with van der Waals surface area (Å²) in [5.41, 5.74) is 0.268. The third-order valence-electron chi connectivity index (χ3n) is 2.92. The van der Waals surface area contributed by atoms with Crippen LogP contribution in [0.3, 0.4) is 0 Å². The van der Waals surface area contributed by atoms with E-state index in [0.717, 1.165) is 6.07 Å². The highest BCUT2D eigenvalue weighted by Gasteiger charge is 2.13. The summed E-state index contributed by atoms with van der Waals surface area (Å²) in [5.74, 6) is -0.543. The van der Waals surface area contributed by atoms with Gasteiger partial charge in [0, 0.05) is 30.0 Å². The summed E-state index contributed by atoms with van der Waals surface area (Å²) in [4.78, 5) is 32.1. The Morgan fingerprint density at radius 2 is 1.83 bits per heavy atom. The molecule has 0 radical (unpaired) electrons. The van der Waals surface area contributed by atoms with Crippen molar-refractivity contribution < 1.29 is 14.6 Å². The van der Waals surface area contributed by atoms with E-state index in [9.17, 15) is 25.0 Å². The van der Waals surface area contributed by atoms with Crippen LogP contribution in [0.2, 0.25) is 5.02 Å². The highest BCUT2D eigenvalue weighted by Crippen LogP contribution is 2.27. The van der Waals surface area contributed by atoms with Crippen LogP contribution in [0.4, 0.5) is 17.1 Å². The minimum absolute atomic E-state index is 0.0369. The first-order valence-corrected chi connectivity index (χ1v) is 6.92. The maximum Gasteiger partial charge on any atom is 0.289 e. The van der Waals surface area contributed by atoms with Gasteiger partial charge in [0.25, 0.3) is 11.4 Å². The Kier molecular flexibility index (Phi) is 5.23. The van der Waals surface area contributed by atoms with Crippen molar-refractivity contribution in [2.75, 3.05) is 5.32 Å². The summed E-state index contributed by atoms with van der Waals surface area (Å²) >= 11 is 5.69. The Labute approximate surface area is 140 Å². The zero-order valence-electron chi connectivity index (χ0n) is 12.0. The molecule has 0 saturated heterocycles. The first-order chi connectivity index (χ1) is 11.4. The fraction of sp³-hybridized carbons (Fsp3) is 0. The van der Waals surface area contributed by atoms with Gasteiger partial charge < -0.3 is 5.32 Å². The largest absolute Gasteiger partial charge is 0.322 e. The SMILES string of the molecule is O=C(/C=C/c1cccc([N+](=O)[O-])c1)Nc1ccc(Cl)c([N+](=O)[O-])c1. The van der Waals surface area contributed by atoms with Crippen LogP contribution in [0.25, 0.3) is 6.08 Å². The number of rotatable bonds is 5. The Balaban J connectivity index is 2.11. The number of carbonyl (C=O) groups is 1. The van der Waals surface area contributed by atoms with Crippen LogP contribution in [0.1, 0.15) is 5.56 Å². The van der Waals surface area contributed by atoms with E-state index in [4.69, 9.17) is 11.6 Å². The van der Waals surface area contributed by atoms with Gasteiger partial charge in [-0.05, 0) is 23.8 Å². The second-order valence-corrected chi connectivity index (χ2v) is 5.01. The van der Waals surface area contributed by atoms with Gasteiger partial charge in [0.15, 0.2) is 0 Å². The molecule has 0 atom stereocenters. The molecule has 0 aliphatic carbocycles. The molecule has 0 unspecified atom stereocenters. The van der Waals surface area contributed by atoms with E-state index in [1.165, 1.54) is 42.5 Å². The van der Waals surface area contributed by atoms with E-state index in [1.807, 2.05) is 0 Å². The number of non-ortho nitro benzene ring substituents is 1. The number of nitro benzene ring substituents is 2. The van der Waals surface area contributed by atoms with Crippen LogP contribution in [-0.4, -0.2) is 15.8 Å². The molecule has 2 aromatic carbocycles. The van der Waals surface area contributed by atoms with Gasteiger partial charge in [0.1, 0.15) is 5.02 Å². The summed E-state index contributed by atoms with van der Waals surface area (Å²) in [5, 5.41) is 23.9. The third-order valence-corrected chi connectivity index (χ3v) is 3.24. The molecule has 9 heteroatoms. The lowest BCUT2D eigenvalue weighted by atomic mass is 10.2. The van der Waals surface area contributed by atoms with E-state index in [0.29, 0.717) is 5.56 Å². The number of hydrogen-bond donors (Lipinski definition) is 1. The molecule has 0 spiro atoms. The number of nitrogens with zero attached hydrogens (tertiary/aromatic N) is 2. The topological polar surface area (TPSA) is 115 Å². The van der Waals surface area contributed by atoms with Crippen molar-refractivity contribution in [3.05, 3.63) is 79.4 Å².